The number of carbonyl (C=O) groups excluding carboxylic acids is 1. The number of fused-ring (bicyclic) bond motifs is 1. The summed E-state index contributed by atoms with van der Waals surface area (Å²) in [7, 11) is 2.91. The van der Waals surface area contributed by atoms with E-state index in [2.05, 4.69) is 9.97 Å². The Morgan fingerprint density at radius 1 is 1.47 bits per heavy atom. The van der Waals surface area contributed by atoms with Gasteiger partial charge in [0.15, 0.2) is 0 Å². The van der Waals surface area contributed by atoms with Gasteiger partial charge in [-0.3, -0.25) is 0 Å². The van der Waals surface area contributed by atoms with E-state index in [0.717, 1.165) is 17.6 Å². The van der Waals surface area contributed by atoms with Crippen LogP contribution in [0.1, 0.15) is 23.3 Å². The van der Waals surface area contributed by atoms with E-state index in [1.807, 2.05) is 4.57 Å². The maximum Gasteiger partial charge on any atom is 0.354 e. The van der Waals surface area contributed by atoms with Crippen LogP contribution in [0, 0.1) is 5.92 Å². The quantitative estimate of drug-likeness (QED) is 0.783. The topological polar surface area (TPSA) is 66.2 Å². The van der Waals surface area contributed by atoms with Crippen LogP contribution in [-0.2, 0) is 11.3 Å². The predicted molar refractivity (Wildman–Crippen MR) is 68.1 cm³/mol. The molecule has 1 saturated carbocycles. The second-order valence-electron chi connectivity index (χ2n) is 4.71. The summed E-state index contributed by atoms with van der Waals surface area (Å²) in [5, 5.41) is 0.821. The third-order valence-corrected chi connectivity index (χ3v) is 3.33. The molecule has 6 nitrogen and oxygen atoms in total. The highest BCUT2D eigenvalue weighted by molar-refractivity contribution is 5.94. The molecule has 0 radical (unpaired) electrons. The minimum Gasteiger partial charge on any atom is -0.467 e. The van der Waals surface area contributed by atoms with E-state index in [1.54, 1.807) is 12.3 Å². The summed E-state index contributed by atoms with van der Waals surface area (Å²) in [6, 6.07) is 2.07. The number of methoxy groups -OCH3 is 2. The lowest BCUT2D eigenvalue weighted by atomic mass is 10.3. The number of carbonyl (C=O) groups is 1. The molecule has 2 aromatic rings. The van der Waals surface area contributed by atoms with E-state index >= 15 is 0 Å². The van der Waals surface area contributed by atoms with Crippen LogP contribution in [0.3, 0.4) is 0 Å². The van der Waals surface area contributed by atoms with Gasteiger partial charge >= 0.3 is 12.0 Å². The Morgan fingerprint density at radius 2 is 2.26 bits per heavy atom. The highest BCUT2D eigenvalue weighted by Crippen LogP contribution is 2.33. The molecule has 0 aromatic carbocycles. The Hall–Kier alpha value is -2.11. The molecule has 1 aliphatic carbocycles. The summed E-state index contributed by atoms with van der Waals surface area (Å²) in [5.41, 5.74) is 1.24. The van der Waals surface area contributed by atoms with Gasteiger partial charge in [0.25, 0.3) is 0 Å². The molecule has 2 aromatic heterocycles. The van der Waals surface area contributed by atoms with Gasteiger partial charge in [-0.05, 0) is 24.8 Å². The number of nitrogens with zero attached hydrogens (tertiary/aromatic N) is 3. The van der Waals surface area contributed by atoms with Crippen molar-refractivity contribution < 1.29 is 14.3 Å². The first kappa shape index (κ1) is 12.0. The van der Waals surface area contributed by atoms with Crippen molar-refractivity contribution in [3.63, 3.8) is 0 Å². The van der Waals surface area contributed by atoms with Gasteiger partial charge in [0.2, 0.25) is 0 Å². The summed E-state index contributed by atoms with van der Waals surface area (Å²) in [6.07, 6.45) is 4.06. The number of hydrogen-bond donors (Lipinski definition) is 0. The summed E-state index contributed by atoms with van der Waals surface area (Å²) in [4.78, 5) is 20.2. The zero-order valence-corrected chi connectivity index (χ0v) is 10.9. The Balaban J connectivity index is 2.14. The number of ether oxygens (including phenoxy) is 2. The third-order valence-electron chi connectivity index (χ3n) is 3.33. The van der Waals surface area contributed by atoms with Crippen molar-refractivity contribution >= 4 is 17.0 Å². The van der Waals surface area contributed by atoms with Crippen LogP contribution in [-0.4, -0.2) is 34.7 Å². The van der Waals surface area contributed by atoms with Gasteiger partial charge in [-0.25, -0.2) is 9.78 Å². The smallest absolute Gasteiger partial charge is 0.354 e. The minimum atomic E-state index is -0.349. The highest BCUT2D eigenvalue weighted by atomic mass is 16.5. The van der Waals surface area contributed by atoms with Crippen LogP contribution in [0.25, 0.3) is 11.0 Å². The minimum absolute atomic E-state index is 0.305. The normalized spacial score (nSPS) is 14.6. The molecular weight excluding hydrogens is 246 g/mol. The highest BCUT2D eigenvalue weighted by Gasteiger charge is 2.26. The van der Waals surface area contributed by atoms with E-state index in [-0.39, 0.29) is 5.97 Å². The van der Waals surface area contributed by atoms with Crippen molar-refractivity contribution in [2.45, 2.75) is 19.4 Å². The van der Waals surface area contributed by atoms with Gasteiger partial charge in [-0.1, -0.05) is 0 Å². The van der Waals surface area contributed by atoms with Crippen LogP contribution < -0.4 is 4.74 Å². The average Bonchev–Trinajstić information content (AvgIpc) is 3.19. The van der Waals surface area contributed by atoms with Crippen LogP contribution in [0.2, 0.25) is 0 Å². The molecule has 1 fully saturated rings. The fourth-order valence-corrected chi connectivity index (χ4v) is 2.14. The second kappa shape index (κ2) is 4.53. The number of esters is 1. The van der Waals surface area contributed by atoms with Gasteiger partial charge in [-0.2, -0.15) is 4.98 Å². The lowest BCUT2D eigenvalue weighted by molar-refractivity contribution is 0.0588. The summed E-state index contributed by atoms with van der Waals surface area (Å²) < 4.78 is 11.8. The molecule has 100 valence electrons. The molecule has 0 unspecified atom stereocenters. The number of rotatable bonds is 4. The third kappa shape index (κ3) is 2.14. The summed E-state index contributed by atoms with van der Waals surface area (Å²) in [6.45, 7) is 0.786. The molecule has 0 amide bonds. The SMILES string of the molecule is COC(=O)c1cc2cnc(OC)nc2n1CC1CC1. The Bertz CT molecular complexity index is 631. The summed E-state index contributed by atoms with van der Waals surface area (Å²) >= 11 is 0. The van der Waals surface area contributed by atoms with Crippen LogP contribution in [0.4, 0.5) is 0 Å². The summed E-state index contributed by atoms with van der Waals surface area (Å²) in [5.74, 6) is 0.276. The van der Waals surface area contributed by atoms with Crippen LogP contribution in [0.15, 0.2) is 12.3 Å². The molecular formula is C13H15N3O3. The van der Waals surface area contributed by atoms with Crippen LogP contribution in [0.5, 0.6) is 6.01 Å². The molecule has 1 aliphatic rings. The van der Waals surface area contributed by atoms with Crippen molar-refractivity contribution in [2.24, 2.45) is 5.92 Å². The standard InChI is InChI=1S/C13H15N3O3/c1-18-12(17)10-5-9-6-14-13(19-2)15-11(9)16(10)7-8-3-4-8/h5-6,8H,3-4,7H2,1-2H3. The second-order valence-corrected chi connectivity index (χ2v) is 4.71. The first-order valence-corrected chi connectivity index (χ1v) is 6.21. The molecule has 6 heteroatoms. The maximum absolute atomic E-state index is 11.8. The van der Waals surface area contributed by atoms with E-state index in [9.17, 15) is 4.79 Å². The van der Waals surface area contributed by atoms with Gasteiger partial charge < -0.3 is 14.0 Å². The Kier molecular flexibility index (Phi) is 2.85. The molecule has 19 heavy (non-hydrogen) atoms. The van der Waals surface area contributed by atoms with Gasteiger partial charge in [0.05, 0.1) is 14.2 Å². The van der Waals surface area contributed by atoms with Gasteiger partial charge in [0.1, 0.15) is 11.3 Å². The number of aromatic nitrogens is 3. The molecule has 0 atom stereocenters. The van der Waals surface area contributed by atoms with Gasteiger partial charge in [0, 0.05) is 18.1 Å². The Labute approximate surface area is 110 Å². The molecule has 0 spiro atoms. The van der Waals surface area contributed by atoms with Gasteiger partial charge in [-0.15, -0.1) is 0 Å². The van der Waals surface area contributed by atoms with Crippen molar-refractivity contribution in [1.29, 1.82) is 0 Å². The molecule has 0 bridgehead atoms. The first-order chi connectivity index (χ1) is 9.22. The lowest BCUT2D eigenvalue weighted by Gasteiger charge is -2.08. The van der Waals surface area contributed by atoms with E-state index in [1.165, 1.54) is 27.1 Å². The zero-order chi connectivity index (χ0) is 13.4. The van der Waals surface area contributed by atoms with Crippen molar-refractivity contribution in [1.82, 2.24) is 14.5 Å². The zero-order valence-electron chi connectivity index (χ0n) is 10.9. The fourth-order valence-electron chi connectivity index (χ4n) is 2.14. The molecule has 3 rings (SSSR count). The van der Waals surface area contributed by atoms with Crippen molar-refractivity contribution in [3.05, 3.63) is 18.0 Å². The predicted octanol–water partition coefficient (Wildman–Crippen LogP) is 1.64. The molecule has 0 saturated heterocycles. The first-order valence-electron chi connectivity index (χ1n) is 6.21. The largest absolute Gasteiger partial charge is 0.467 e. The van der Waals surface area contributed by atoms with Crippen molar-refractivity contribution in [2.75, 3.05) is 14.2 Å². The van der Waals surface area contributed by atoms with E-state index in [0.29, 0.717) is 17.6 Å². The van der Waals surface area contributed by atoms with E-state index < -0.39 is 0 Å². The number of hydrogen-bond acceptors (Lipinski definition) is 5. The van der Waals surface area contributed by atoms with Crippen molar-refractivity contribution in [3.8, 4) is 6.01 Å². The average molecular weight is 261 g/mol. The van der Waals surface area contributed by atoms with Crippen LogP contribution >= 0.6 is 0 Å². The Morgan fingerprint density at radius 3 is 2.89 bits per heavy atom. The molecule has 0 N–H and O–H groups in total. The molecule has 0 aliphatic heterocycles. The lowest BCUT2D eigenvalue weighted by Crippen LogP contribution is -2.12. The van der Waals surface area contributed by atoms with E-state index in [4.69, 9.17) is 9.47 Å². The monoisotopic (exact) mass is 261 g/mol. The maximum atomic E-state index is 11.8. The fraction of sp³-hybridized carbons (Fsp3) is 0.462. The molecule has 2 heterocycles.